The molecule has 8 heteroatoms. The highest BCUT2D eigenvalue weighted by molar-refractivity contribution is 9.10. The number of benzene rings is 2. The Balaban J connectivity index is 2.01. The Bertz CT molecular complexity index is 1030. The van der Waals surface area contributed by atoms with Gasteiger partial charge in [0.05, 0.1) is 11.4 Å². The number of anilines is 2. The lowest BCUT2D eigenvalue weighted by atomic mass is 10.1. The van der Waals surface area contributed by atoms with E-state index in [2.05, 4.69) is 21.2 Å². The molecule has 0 bridgehead atoms. The monoisotopic (exact) mass is 461 g/mol. The van der Waals surface area contributed by atoms with Crippen molar-refractivity contribution in [2.45, 2.75) is 6.92 Å². The van der Waals surface area contributed by atoms with Gasteiger partial charge in [-0.25, -0.2) is 9.69 Å². The van der Waals surface area contributed by atoms with E-state index >= 15 is 0 Å². The summed E-state index contributed by atoms with van der Waals surface area (Å²) in [5.41, 5.74) is 2.56. The highest BCUT2D eigenvalue weighted by atomic mass is 79.9. The largest absolute Gasteiger partial charge is 0.377 e. The van der Waals surface area contributed by atoms with Crippen molar-refractivity contribution >= 4 is 62.8 Å². The van der Waals surface area contributed by atoms with Crippen molar-refractivity contribution in [2.24, 2.45) is 0 Å². The molecule has 3 rings (SSSR count). The Morgan fingerprint density at radius 2 is 1.82 bits per heavy atom. The zero-order valence-electron chi connectivity index (χ0n) is 15.4. The quantitative estimate of drug-likeness (QED) is 0.550. The molecule has 1 fully saturated rings. The van der Waals surface area contributed by atoms with Crippen molar-refractivity contribution < 1.29 is 14.4 Å². The maximum Gasteiger partial charge on any atom is 0.335 e. The van der Waals surface area contributed by atoms with Crippen LogP contribution >= 0.6 is 27.5 Å². The van der Waals surface area contributed by atoms with Crippen LogP contribution in [0.15, 0.2) is 46.4 Å². The average molecular weight is 463 g/mol. The molecule has 1 saturated heterocycles. The lowest BCUT2D eigenvalue weighted by Crippen LogP contribution is -2.54. The second-order valence-electron chi connectivity index (χ2n) is 6.50. The molecule has 0 unspecified atom stereocenters. The lowest BCUT2D eigenvalue weighted by molar-refractivity contribution is -0.122. The number of imide groups is 2. The van der Waals surface area contributed by atoms with Crippen LogP contribution in [-0.4, -0.2) is 31.9 Å². The Kier molecular flexibility index (Phi) is 5.58. The number of amides is 4. The predicted molar refractivity (Wildman–Crippen MR) is 114 cm³/mol. The van der Waals surface area contributed by atoms with E-state index in [1.807, 2.05) is 32.0 Å². The normalized spacial score (nSPS) is 15.8. The number of urea groups is 1. The van der Waals surface area contributed by atoms with Crippen LogP contribution in [0.5, 0.6) is 0 Å². The number of hydrogen-bond acceptors (Lipinski definition) is 4. The SMILES string of the molecule is Cc1ccc(N2C(=O)NC(=O)C(=Cc3ccc(N(C)C)c(Br)c3)C2=O)cc1Cl. The zero-order valence-corrected chi connectivity index (χ0v) is 17.8. The van der Waals surface area contributed by atoms with Crippen LogP contribution in [-0.2, 0) is 9.59 Å². The molecule has 144 valence electrons. The van der Waals surface area contributed by atoms with E-state index in [9.17, 15) is 14.4 Å². The van der Waals surface area contributed by atoms with Gasteiger partial charge in [-0.15, -0.1) is 0 Å². The highest BCUT2D eigenvalue weighted by Gasteiger charge is 2.37. The molecule has 1 N–H and O–H groups in total. The zero-order chi connectivity index (χ0) is 20.6. The molecule has 0 saturated carbocycles. The summed E-state index contributed by atoms with van der Waals surface area (Å²) in [5, 5.41) is 2.62. The second-order valence-corrected chi connectivity index (χ2v) is 7.76. The summed E-state index contributed by atoms with van der Waals surface area (Å²) in [6.07, 6.45) is 1.46. The number of nitrogens with one attached hydrogen (secondary N) is 1. The summed E-state index contributed by atoms with van der Waals surface area (Å²) in [6, 6.07) is 9.47. The minimum atomic E-state index is -0.809. The number of barbiturate groups is 1. The molecule has 2 aromatic rings. The van der Waals surface area contributed by atoms with Gasteiger partial charge in [-0.05, 0) is 64.3 Å². The first-order valence-electron chi connectivity index (χ1n) is 8.33. The molecule has 4 amide bonds. The summed E-state index contributed by atoms with van der Waals surface area (Å²) in [4.78, 5) is 40.3. The fourth-order valence-corrected chi connectivity index (χ4v) is 3.68. The van der Waals surface area contributed by atoms with Gasteiger partial charge in [0, 0.05) is 23.6 Å². The Hall–Kier alpha value is -2.64. The molecule has 0 aliphatic carbocycles. The molecule has 0 aromatic heterocycles. The molecule has 0 radical (unpaired) electrons. The van der Waals surface area contributed by atoms with E-state index in [1.165, 1.54) is 12.1 Å². The van der Waals surface area contributed by atoms with Gasteiger partial charge in [0.15, 0.2) is 0 Å². The van der Waals surface area contributed by atoms with Crippen molar-refractivity contribution in [2.75, 3.05) is 23.9 Å². The van der Waals surface area contributed by atoms with Gasteiger partial charge in [0.25, 0.3) is 11.8 Å². The van der Waals surface area contributed by atoms with Crippen LogP contribution in [0, 0.1) is 6.92 Å². The molecule has 1 aliphatic rings. The van der Waals surface area contributed by atoms with Crippen molar-refractivity contribution in [3.8, 4) is 0 Å². The number of aryl methyl sites for hydroxylation is 1. The summed E-state index contributed by atoms with van der Waals surface area (Å²) < 4.78 is 0.814. The first-order chi connectivity index (χ1) is 13.2. The summed E-state index contributed by atoms with van der Waals surface area (Å²) in [7, 11) is 3.82. The van der Waals surface area contributed by atoms with Gasteiger partial charge in [-0.2, -0.15) is 0 Å². The molecular weight excluding hydrogens is 446 g/mol. The van der Waals surface area contributed by atoms with E-state index in [4.69, 9.17) is 11.6 Å². The number of nitrogens with zero attached hydrogens (tertiary/aromatic N) is 2. The van der Waals surface area contributed by atoms with Gasteiger partial charge in [-0.3, -0.25) is 14.9 Å². The summed E-state index contributed by atoms with van der Waals surface area (Å²) in [5.74, 6) is -1.45. The van der Waals surface area contributed by atoms with Crippen LogP contribution in [0.4, 0.5) is 16.2 Å². The van der Waals surface area contributed by atoms with Gasteiger partial charge in [0.1, 0.15) is 5.57 Å². The van der Waals surface area contributed by atoms with Crippen LogP contribution in [0.2, 0.25) is 5.02 Å². The fraction of sp³-hybridized carbons (Fsp3) is 0.150. The fourth-order valence-electron chi connectivity index (χ4n) is 2.76. The number of halogens is 2. The van der Waals surface area contributed by atoms with Crippen LogP contribution in [0.25, 0.3) is 6.08 Å². The van der Waals surface area contributed by atoms with Crippen molar-refractivity contribution in [1.29, 1.82) is 0 Å². The standard InChI is InChI=1S/C20H17BrClN3O3/c1-11-4-6-13(10-16(11)22)25-19(27)14(18(26)23-20(25)28)8-12-5-7-17(24(2)3)15(21)9-12/h4-10H,1-3H3,(H,23,26,28). The molecule has 1 aliphatic heterocycles. The minimum Gasteiger partial charge on any atom is -0.377 e. The number of hydrogen-bond donors (Lipinski definition) is 1. The third-order valence-electron chi connectivity index (χ3n) is 4.28. The lowest BCUT2D eigenvalue weighted by Gasteiger charge is -2.26. The smallest absolute Gasteiger partial charge is 0.335 e. The average Bonchev–Trinajstić information content (AvgIpc) is 2.61. The first kappa shape index (κ1) is 20.1. The van der Waals surface area contributed by atoms with Gasteiger partial charge < -0.3 is 4.90 Å². The Morgan fingerprint density at radius 3 is 2.43 bits per heavy atom. The molecule has 1 heterocycles. The summed E-state index contributed by atoms with van der Waals surface area (Å²) in [6.45, 7) is 1.81. The van der Waals surface area contributed by atoms with E-state index in [0.717, 1.165) is 20.6 Å². The maximum absolute atomic E-state index is 12.9. The minimum absolute atomic E-state index is 0.138. The first-order valence-corrected chi connectivity index (χ1v) is 9.50. The van der Waals surface area contributed by atoms with Crippen LogP contribution < -0.4 is 15.1 Å². The molecule has 28 heavy (non-hydrogen) atoms. The predicted octanol–water partition coefficient (Wildman–Crippen LogP) is 4.14. The summed E-state index contributed by atoms with van der Waals surface area (Å²) >= 11 is 9.60. The number of carbonyl (C=O) groups excluding carboxylic acids is 3. The van der Waals surface area contributed by atoms with E-state index in [-0.39, 0.29) is 5.57 Å². The molecule has 2 aromatic carbocycles. The van der Waals surface area contributed by atoms with E-state index in [1.54, 1.807) is 24.3 Å². The van der Waals surface area contributed by atoms with E-state index < -0.39 is 17.8 Å². The Morgan fingerprint density at radius 1 is 1.11 bits per heavy atom. The van der Waals surface area contributed by atoms with Crippen molar-refractivity contribution in [1.82, 2.24) is 5.32 Å². The molecular formula is C20H17BrClN3O3. The maximum atomic E-state index is 12.9. The van der Waals surface area contributed by atoms with Gasteiger partial charge >= 0.3 is 6.03 Å². The Labute approximate surface area is 175 Å². The number of carbonyl (C=O) groups is 3. The highest BCUT2D eigenvalue weighted by Crippen LogP contribution is 2.29. The van der Waals surface area contributed by atoms with Crippen molar-refractivity contribution in [3.63, 3.8) is 0 Å². The number of rotatable bonds is 3. The van der Waals surface area contributed by atoms with Gasteiger partial charge in [0.2, 0.25) is 0 Å². The molecule has 6 nitrogen and oxygen atoms in total. The second kappa shape index (κ2) is 7.77. The third kappa shape index (κ3) is 3.81. The van der Waals surface area contributed by atoms with E-state index in [0.29, 0.717) is 16.3 Å². The van der Waals surface area contributed by atoms with Crippen molar-refractivity contribution in [3.05, 3.63) is 62.6 Å². The topological polar surface area (TPSA) is 69.7 Å². The molecule has 0 atom stereocenters. The van der Waals surface area contributed by atoms with Crippen LogP contribution in [0.3, 0.4) is 0 Å². The van der Waals surface area contributed by atoms with Crippen LogP contribution in [0.1, 0.15) is 11.1 Å². The molecule has 0 spiro atoms. The third-order valence-corrected chi connectivity index (χ3v) is 5.32. The van der Waals surface area contributed by atoms with Gasteiger partial charge in [-0.1, -0.05) is 23.7 Å².